The van der Waals surface area contributed by atoms with Crippen molar-refractivity contribution in [3.63, 3.8) is 0 Å². The van der Waals surface area contributed by atoms with E-state index >= 15 is 0 Å². The minimum Gasteiger partial charge on any atom is -0.493 e. The van der Waals surface area contributed by atoms with Crippen LogP contribution in [0.5, 0.6) is 17.2 Å². The van der Waals surface area contributed by atoms with Crippen molar-refractivity contribution >= 4 is 63.5 Å². The minimum absolute atomic E-state index is 0.0807. The van der Waals surface area contributed by atoms with Crippen LogP contribution in [0.2, 0.25) is 10.0 Å². The van der Waals surface area contributed by atoms with Crippen molar-refractivity contribution in [3.8, 4) is 35.7 Å². The van der Waals surface area contributed by atoms with Crippen molar-refractivity contribution in [1.29, 1.82) is 5.26 Å². The van der Waals surface area contributed by atoms with Crippen molar-refractivity contribution in [1.82, 2.24) is 0 Å². The lowest BCUT2D eigenvalue weighted by molar-refractivity contribution is -0.112. The van der Waals surface area contributed by atoms with E-state index in [-0.39, 0.29) is 18.8 Å². The van der Waals surface area contributed by atoms with Gasteiger partial charge in [-0.05, 0) is 82.8 Å². The van der Waals surface area contributed by atoms with Crippen LogP contribution in [0.4, 0.5) is 5.69 Å². The van der Waals surface area contributed by atoms with Crippen LogP contribution in [-0.4, -0.2) is 19.6 Å². The standard InChI is InChI=1S/C27H19Cl2IN2O4/c1-3-10-35-26-24(30)12-17(13-25(26)34-2)11-19(15-31)27(33)32-21-6-8-22(9-7-21)36-16-18-4-5-20(28)14-23(18)29/h1,4-9,11-14H,10,16H2,2H3,(H,32,33)/b19-11+. The van der Waals surface area contributed by atoms with Gasteiger partial charge in [0.15, 0.2) is 11.5 Å². The summed E-state index contributed by atoms with van der Waals surface area (Å²) in [7, 11) is 1.50. The van der Waals surface area contributed by atoms with E-state index in [1.807, 2.05) is 6.07 Å². The highest BCUT2D eigenvalue weighted by molar-refractivity contribution is 14.1. The van der Waals surface area contributed by atoms with Crippen LogP contribution < -0.4 is 19.5 Å². The van der Waals surface area contributed by atoms with Gasteiger partial charge in [-0.2, -0.15) is 5.26 Å². The molecule has 0 unspecified atom stereocenters. The Kier molecular flexibility index (Phi) is 9.89. The first-order chi connectivity index (χ1) is 17.3. The summed E-state index contributed by atoms with van der Waals surface area (Å²) in [6.07, 6.45) is 6.73. The molecule has 182 valence electrons. The highest BCUT2D eigenvalue weighted by atomic mass is 127. The topological polar surface area (TPSA) is 80.6 Å². The van der Waals surface area contributed by atoms with Gasteiger partial charge in [-0.3, -0.25) is 4.79 Å². The number of hydrogen-bond acceptors (Lipinski definition) is 5. The number of hydrogen-bond donors (Lipinski definition) is 1. The second-order valence-electron chi connectivity index (χ2n) is 7.20. The number of rotatable bonds is 9. The van der Waals surface area contributed by atoms with E-state index in [2.05, 4.69) is 33.8 Å². The summed E-state index contributed by atoms with van der Waals surface area (Å²) in [4.78, 5) is 12.7. The molecule has 0 fully saturated rings. The molecule has 0 saturated carbocycles. The number of nitrogens with one attached hydrogen (secondary N) is 1. The van der Waals surface area contributed by atoms with Gasteiger partial charge in [0, 0.05) is 21.3 Å². The van der Waals surface area contributed by atoms with E-state index in [0.717, 1.165) is 9.13 Å². The van der Waals surface area contributed by atoms with Gasteiger partial charge in [0.25, 0.3) is 5.91 Å². The number of nitriles is 1. The fourth-order valence-corrected chi connectivity index (χ4v) is 4.27. The molecule has 1 amide bonds. The fraction of sp³-hybridized carbons (Fsp3) is 0.111. The Labute approximate surface area is 232 Å². The minimum atomic E-state index is -0.555. The summed E-state index contributed by atoms with van der Waals surface area (Å²) in [5, 5.41) is 13.3. The summed E-state index contributed by atoms with van der Waals surface area (Å²) in [6.45, 7) is 0.351. The van der Waals surface area contributed by atoms with Crippen LogP contribution in [0.3, 0.4) is 0 Å². The van der Waals surface area contributed by atoms with E-state index in [4.69, 9.17) is 43.8 Å². The highest BCUT2D eigenvalue weighted by Gasteiger charge is 2.14. The van der Waals surface area contributed by atoms with Crippen molar-refractivity contribution in [2.75, 3.05) is 19.0 Å². The Morgan fingerprint density at radius 1 is 1.14 bits per heavy atom. The maximum Gasteiger partial charge on any atom is 0.266 e. The molecular weight excluding hydrogens is 614 g/mol. The van der Waals surface area contributed by atoms with Crippen LogP contribution >= 0.6 is 45.8 Å². The van der Waals surface area contributed by atoms with Crippen LogP contribution in [0.1, 0.15) is 11.1 Å². The molecule has 1 N–H and O–H groups in total. The van der Waals surface area contributed by atoms with Gasteiger partial charge in [0.2, 0.25) is 0 Å². The number of terminal acetylenes is 1. The van der Waals surface area contributed by atoms with Gasteiger partial charge < -0.3 is 19.5 Å². The van der Waals surface area contributed by atoms with Gasteiger partial charge in [0.1, 0.15) is 30.6 Å². The van der Waals surface area contributed by atoms with E-state index in [1.165, 1.54) is 13.2 Å². The zero-order valence-electron chi connectivity index (χ0n) is 19.0. The zero-order chi connectivity index (χ0) is 26.1. The normalized spacial score (nSPS) is 10.7. The Balaban J connectivity index is 1.68. The number of benzene rings is 3. The van der Waals surface area contributed by atoms with Crippen LogP contribution in [0.15, 0.2) is 60.2 Å². The van der Waals surface area contributed by atoms with Crippen molar-refractivity contribution in [3.05, 3.63) is 84.9 Å². The van der Waals surface area contributed by atoms with E-state index in [0.29, 0.717) is 38.5 Å². The third kappa shape index (κ3) is 7.32. The predicted octanol–water partition coefficient (Wildman–Crippen LogP) is 6.74. The van der Waals surface area contributed by atoms with Crippen molar-refractivity contribution in [2.24, 2.45) is 0 Å². The molecule has 0 aliphatic rings. The van der Waals surface area contributed by atoms with E-state index in [9.17, 15) is 10.1 Å². The maximum atomic E-state index is 12.7. The first kappa shape index (κ1) is 27.2. The SMILES string of the molecule is C#CCOc1c(I)cc(/C=C(\C#N)C(=O)Nc2ccc(OCc3ccc(Cl)cc3Cl)cc2)cc1OC. The Morgan fingerprint density at radius 2 is 1.89 bits per heavy atom. The fourth-order valence-electron chi connectivity index (χ4n) is 3.03. The number of nitrogens with zero attached hydrogens (tertiary/aromatic N) is 1. The zero-order valence-corrected chi connectivity index (χ0v) is 22.6. The molecular formula is C27H19Cl2IN2O4. The molecule has 3 aromatic rings. The molecule has 0 bridgehead atoms. The van der Waals surface area contributed by atoms with Crippen molar-refractivity contribution in [2.45, 2.75) is 6.61 Å². The highest BCUT2D eigenvalue weighted by Crippen LogP contribution is 2.34. The lowest BCUT2D eigenvalue weighted by Gasteiger charge is -2.12. The first-order valence-electron chi connectivity index (χ1n) is 10.4. The maximum absolute atomic E-state index is 12.7. The number of carbonyl (C=O) groups is 1. The third-order valence-corrected chi connectivity index (χ3v) is 6.14. The molecule has 3 aromatic carbocycles. The summed E-state index contributed by atoms with van der Waals surface area (Å²) in [5.74, 6) is 3.37. The number of ether oxygens (including phenoxy) is 3. The van der Waals surface area contributed by atoms with Gasteiger partial charge in [-0.25, -0.2) is 0 Å². The monoisotopic (exact) mass is 632 g/mol. The number of amides is 1. The van der Waals surface area contributed by atoms with Crippen LogP contribution in [0, 0.1) is 27.2 Å². The van der Waals surface area contributed by atoms with Gasteiger partial charge in [-0.15, -0.1) is 6.42 Å². The van der Waals surface area contributed by atoms with Crippen LogP contribution in [0.25, 0.3) is 6.08 Å². The second kappa shape index (κ2) is 13.1. The molecule has 0 aliphatic carbocycles. The first-order valence-corrected chi connectivity index (χ1v) is 12.2. The Bertz CT molecular complexity index is 1380. The van der Waals surface area contributed by atoms with Crippen LogP contribution in [-0.2, 0) is 11.4 Å². The molecule has 3 rings (SSSR count). The molecule has 0 spiro atoms. The molecule has 0 aliphatic heterocycles. The molecule has 9 heteroatoms. The summed E-state index contributed by atoms with van der Waals surface area (Å²) >= 11 is 14.2. The lowest BCUT2D eigenvalue weighted by Crippen LogP contribution is -2.13. The van der Waals surface area contributed by atoms with Gasteiger partial charge >= 0.3 is 0 Å². The number of carbonyl (C=O) groups excluding carboxylic acids is 1. The van der Waals surface area contributed by atoms with E-state index < -0.39 is 5.91 Å². The molecule has 0 heterocycles. The third-order valence-electron chi connectivity index (χ3n) is 4.75. The Hall–Kier alpha value is -3.37. The molecule has 6 nitrogen and oxygen atoms in total. The summed E-state index contributed by atoms with van der Waals surface area (Å²) in [6, 6.07) is 17.3. The van der Waals surface area contributed by atoms with Gasteiger partial charge in [-0.1, -0.05) is 35.2 Å². The molecule has 36 heavy (non-hydrogen) atoms. The summed E-state index contributed by atoms with van der Waals surface area (Å²) < 4.78 is 17.4. The average molecular weight is 633 g/mol. The number of methoxy groups -OCH3 is 1. The largest absolute Gasteiger partial charge is 0.493 e. The summed E-state index contributed by atoms with van der Waals surface area (Å²) in [5.41, 5.74) is 1.82. The quantitative estimate of drug-likeness (QED) is 0.122. The number of anilines is 1. The second-order valence-corrected chi connectivity index (χ2v) is 9.21. The molecule has 0 aromatic heterocycles. The van der Waals surface area contributed by atoms with Gasteiger partial charge in [0.05, 0.1) is 10.7 Å². The average Bonchev–Trinajstić information content (AvgIpc) is 2.86. The molecule has 0 radical (unpaired) electrons. The lowest BCUT2D eigenvalue weighted by atomic mass is 10.1. The predicted molar refractivity (Wildman–Crippen MR) is 149 cm³/mol. The van der Waals surface area contributed by atoms with E-state index in [1.54, 1.807) is 54.6 Å². The molecule has 0 saturated heterocycles. The smallest absolute Gasteiger partial charge is 0.266 e. The van der Waals surface area contributed by atoms with Crippen molar-refractivity contribution < 1.29 is 19.0 Å². The number of halogens is 3. The Morgan fingerprint density at radius 3 is 2.53 bits per heavy atom. The molecule has 0 atom stereocenters.